The first-order valence-electron chi connectivity index (χ1n) is 9.94. The summed E-state index contributed by atoms with van der Waals surface area (Å²) < 4.78 is 12.9. The predicted molar refractivity (Wildman–Crippen MR) is 106 cm³/mol. The van der Waals surface area contributed by atoms with Crippen LogP contribution < -0.4 is 4.74 Å². The zero-order valence-corrected chi connectivity index (χ0v) is 16.9. The highest BCUT2D eigenvalue weighted by Gasteiger charge is 2.56. The van der Waals surface area contributed by atoms with Crippen molar-refractivity contribution in [2.75, 3.05) is 0 Å². The van der Waals surface area contributed by atoms with Crippen molar-refractivity contribution in [3.8, 4) is 5.75 Å². The van der Waals surface area contributed by atoms with Crippen molar-refractivity contribution in [1.29, 1.82) is 0 Å². The second kappa shape index (κ2) is 5.64. The molecule has 2 aliphatic heterocycles. The molecule has 1 saturated carbocycles. The van der Waals surface area contributed by atoms with Crippen LogP contribution in [0.5, 0.6) is 5.75 Å². The number of ether oxygens (including phenoxy) is 2. The number of hydrogen-bond donors (Lipinski definition) is 0. The van der Waals surface area contributed by atoms with E-state index in [4.69, 9.17) is 21.1 Å². The molecule has 5 rings (SSSR count). The Morgan fingerprint density at radius 2 is 1.96 bits per heavy atom. The van der Waals surface area contributed by atoms with E-state index in [0.717, 1.165) is 48.3 Å². The number of rotatable bonds is 0. The Labute approximate surface area is 165 Å². The number of Topliss-reactive ketones (excluding diaryl/α,β-unsaturated/α-hetero) is 1. The van der Waals surface area contributed by atoms with E-state index in [-0.39, 0.29) is 28.8 Å². The van der Waals surface area contributed by atoms with Crippen LogP contribution in [-0.4, -0.2) is 17.0 Å². The summed E-state index contributed by atoms with van der Waals surface area (Å²) in [5.74, 6) is 2.40. The summed E-state index contributed by atoms with van der Waals surface area (Å²) >= 11 is 6.23. The van der Waals surface area contributed by atoms with Gasteiger partial charge in [0.15, 0.2) is 5.78 Å². The van der Waals surface area contributed by atoms with Gasteiger partial charge in [0.2, 0.25) is 0 Å². The summed E-state index contributed by atoms with van der Waals surface area (Å²) in [5.41, 5.74) is 2.47. The Bertz CT molecular complexity index is 910. The van der Waals surface area contributed by atoms with E-state index >= 15 is 0 Å². The third-order valence-corrected chi connectivity index (χ3v) is 7.13. The third-order valence-electron chi connectivity index (χ3n) is 6.90. The maximum absolute atomic E-state index is 12.9. The molecule has 0 spiro atoms. The van der Waals surface area contributed by atoms with Crippen LogP contribution in [0, 0.1) is 11.8 Å². The van der Waals surface area contributed by atoms with Gasteiger partial charge in [-0.25, -0.2) is 0 Å². The van der Waals surface area contributed by atoms with E-state index in [0.29, 0.717) is 11.4 Å². The zero-order chi connectivity index (χ0) is 19.0. The third kappa shape index (κ3) is 2.51. The first-order chi connectivity index (χ1) is 12.8. The number of halogens is 1. The summed E-state index contributed by atoms with van der Waals surface area (Å²) in [6.45, 7) is 6.51. The molecule has 3 atom stereocenters. The second-order valence-corrected chi connectivity index (χ2v) is 9.49. The SMILES string of the molecule is CC1(C)OC2=C(C(=O)CCC2)[C@H]2C3=Cc4cc(Cl)ccc4O[C@@]3(C)CC[C@H]21. The fourth-order valence-electron chi connectivity index (χ4n) is 5.56. The lowest BCUT2D eigenvalue weighted by Crippen LogP contribution is -2.55. The normalized spacial score (nSPS) is 33.6. The molecule has 1 fully saturated rings. The number of hydrogen-bond acceptors (Lipinski definition) is 3. The molecule has 0 radical (unpaired) electrons. The fourth-order valence-corrected chi connectivity index (χ4v) is 5.74. The molecule has 1 aromatic rings. The van der Waals surface area contributed by atoms with Gasteiger partial charge in [-0.05, 0) is 69.9 Å². The second-order valence-electron chi connectivity index (χ2n) is 9.06. The van der Waals surface area contributed by atoms with Gasteiger partial charge in [0.1, 0.15) is 22.7 Å². The van der Waals surface area contributed by atoms with Crippen molar-refractivity contribution < 1.29 is 14.3 Å². The van der Waals surface area contributed by atoms with Crippen LogP contribution in [-0.2, 0) is 9.53 Å². The number of carbonyl (C=O) groups is 1. The maximum atomic E-state index is 12.9. The van der Waals surface area contributed by atoms with Gasteiger partial charge in [-0.15, -0.1) is 0 Å². The highest BCUT2D eigenvalue weighted by atomic mass is 35.5. The van der Waals surface area contributed by atoms with Crippen LogP contribution >= 0.6 is 11.6 Å². The summed E-state index contributed by atoms with van der Waals surface area (Å²) in [6.07, 6.45) is 6.51. The number of ketones is 1. The monoisotopic (exact) mass is 384 g/mol. The van der Waals surface area contributed by atoms with Crippen LogP contribution in [0.2, 0.25) is 5.02 Å². The molecule has 0 aromatic heterocycles. The lowest BCUT2D eigenvalue weighted by Gasteiger charge is -2.55. The van der Waals surface area contributed by atoms with Crippen molar-refractivity contribution in [2.45, 2.75) is 64.1 Å². The predicted octanol–water partition coefficient (Wildman–Crippen LogP) is 5.72. The number of carbonyl (C=O) groups excluding carboxylic acids is 1. The van der Waals surface area contributed by atoms with Crippen molar-refractivity contribution in [3.63, 3.8) is 0 Å². The highest BCUT2D eigenvalue weighted by Crippen LogP contribution is 2.57. The van der Waals surface area contributed by atoms with Crippen LogP contribution in [0.4, 0.5) is 0 Å². The molecule has 0 amide bonds. The molecule has 4 heteroatoms. The molecule has 0 N–H and O–H groups in total. The molecule has 0 unspecified atom stereocenters. The van der Waals surface area contributed by atoms with Gasteiger partial charge in [0, 0.05) is 40.8 Å². The van der Waals surface area contributed by atoms with Gasteiger partial charge in [-0.3, -0.25) is 4.79 Å². The first kappa shape index (κ1) is 17.4. The maximum Gasteiger partial charge on any atom is 0.162 e. The molecule has 0 saturated heterocycles. The average molecular weight is 385 g/mol. The van der Waals surface area contributed by atoms with E-state index in [1.54, 1.807) is 0 Å². The summed E-state index contributed by atoms with van der Waals surface area (Å²) in [5, 5.41) is 0.700. The summed E-state index contributed by atoms with van der Waals surface area (Å²) in [7, 11) is 0. The Kier molecular flexibility index (Phi) is 3.62. The number of allylic oxidation sites excluding steroid dienone is 2. The molecular formula is C23H25ClO3. The van der Waals surface area contributed by atoms with E-state index < -0.39 is 0 Å². The largest absolute Gasteiger partial charge is 0.491 e. The molecule has 27 heavy (non-hydrogen) atoms. The minimum atomic E-state index is -0.384. The lowest BCUT2D eigenvalue weighted by molar-refractivity contribution is -0.123. The standard InChI is InChI=1S/C23H25ClO3/c1-22(2)15-9-10-23(3)16(12-13-11-14(24)7-8-18(13)27-23)20(15)21-17(25)5-4-6-19(21)26-22/h7-8,11-12,15,20H,4-6,9-10H2,1-3H3/t15-,20-,23+/m1/s1. The van der Waals surface area contributed by atoms with Crippen LogP contribution in [0.25, 0.3) is 6.08 Å². The highest BCUT2D eigenvalue weighted by molar-refractivity contribution is 6.30. The summed E-state index contributed by atoms with van der Waals surface area (Å²) in [4.78, 5) is 12.9. The number of benzene rings is 1. The van der Waals surface area contributed by atoms with Gasteiger partial charge in [-0.1, -0.05) is 11.6 Å². The molecule has 2 aliphatic carbocycles. The quantitative estimate of drug-likeness (QED) is 0.574. The molecule has 2 heterocycles. The van der Waals surface area contributed by atoms with Crippen molar-refractivity contribution in [3.05, 3.63) is 45.7 Å². The van der Waals surface area contributed by atoms with Crippen molar-refractivity contribution >= 4 is 23.5 Å². The van der Waals surface area contributed by atoms with Crippen LogP contribution in [0.3, 0.4) is 0 Å². The van der Waals surface area contributed by atoms with Gasteiger partial charge in [0.25, 0.3) is 0 Å². The molecule has 0 bridgehead atoms. The van der Waals surface area contributed by atoms with E-state index in [1.807, 2.05) is 18.2 Å². The Hall–Kier alpha value is -1.74. The topological polar surface area (TPSA) is 35.5 Å². The van der Waals surface area contributed by atoms with Gasteiger partial charge in [-0.2, -0.15) is 0 Å². The fraction of sp³-hybridized carbons (Fsp3) is 0.522. The van der Waals surface area contributed by atoms with E-state index in [1.165, 1.54) is 5.57 Å². The molecule has 1 aromatic carbocycles. The summed E-state index contributed by atoms with van der Waals surface area (Å²) in [6, 6.07) is 5.78. The van der Waals surface area contributed by atoms with Gasteiger partial charge < -0.3 is 9.47 Å². The van der Waals surface area contributed by atoms with Gasteiger partial charge in [0.05, 0.1) is 0 Å². The lowest BCUT2D eigenvalue weighted by atomic mass is 9.58. The molecular weight excluding hydrogens is 360 g/mol. The van der Waals surface area contributed by atoms with Crippen LogP contribution in [0.1, 0.15) is 58.4 Å². The van der Waals surface area contributed by atoms with Gasteiger partial charge >= 0.3 is 0 Å². The Balaban J connectivity index is 1.72. The Morgan fingerprint density at radius 1 is 1.15 bits per heavy atom. The molecule has 3 nitrogen and oxygen atoms in total. The van der Waals surface area contributed by atoms with Crippen molar-refractivity contribution in [1.82, 2.24) is 0 Å². The Morgan fingerprint density at radius 3 is 2.78 bits per heavy atom. The van der Waals surface area contributed by atoms with E-state index in [9.17, 15) is 4.79 Å². The van der Waals surface area contributed by atoms with E-state index in [2.05, 4.69) is 26.8 Å². The molecule has 4 aliphatic rings. The van der Waals surface area contributed by atoms with Crippen LogP contribution in [0.15, 0.2) is 35.1 Å². The minimum absolute atomic E-state index is 0.0717. The van der Waals surface area contributed by atoms with Crippen molar-refractivity contribution in [2.24, 2.45) is 11.8 Å². The minimum Gasteiger partial charge on any atom is -0.491 e. The smallest absolute Gasteiger partial charge is 0.162 e. The molecule has 142 valence electrons. The zero-order valence-electron chi connectivity index (χ0n) is 16.1. The first-order valence-corrected chi connectivity index (χ1v) is 10.3. The number of fused-ring (bicyclic) bond motifs is 5. The average Bonchev–Trinajstić information content (AvgIpc) is 2.59.